The molecule has 0 radical (unpaired) electrons. The predicted molar refractivity (Wildman–Crippen MR) is 95.9 cm³/mol. The number of carbonyl (C=O) groups excluding carboxylic acids is 1. The van der Waals surface area contributed by atoms with E-state index >= 15 is 0 Å². The molecule has 2 N–H and O–H groups in total. The monoisotopic (exact) mass is 417 g/mol. The molecule has 1 aliphatic rings. The van der Waals surface area contributed by atoms with Crippen LogP contribution in [-0.2, 0) is 4.79 Å². The van der Waals surface area contributed by atoms with Crippen LogP contribution in [0.15, 0.2) is 39.6 Å². The molecule has 0 saturated heterocycles. The lowest BCUT2D eigenvalue weighted by atomic mass is 9.86. The average Bonchev–Trinajstić information content (AvgIpc) is 2.94. The molecule has 1 atom stereocenters. The van der Waals surface area contributed by atoms with Gasteiger partial charge in [-0.05, 0) is 46.6 Å². The molecule has 1 aromatic carbocycles. The maximum Gasteiger partial charge on any atom is 0.264 e. The molecule has 26 heavy (non-hydrogen) atoms. The standard InChI is InChI=1S/C17H13BrFN5O2/c1-8-16-10(9-2-3-12(19)11(18)6-9)7-15(26)20-17(16)24(23-8)13-4-5-14(25)22-21-13/h2-6,10H,7H2,1H3,(H,20,26)(H,22,25)/t10-/m0/s1. The third kappa shape index (κ3) is 2.74. The number of aromatic nitrogens is 4. The summed E-state index contributed by atoms with van der Waals surface area (Å²) in [6, 6.07) is 7.58. The molecule has 1 amide bonds. The zero-order valence-electron chi connectivity index (χ0n) is 13.6. The van der Waals surface area contributed by atoms with Crippen molar-refractivity contribution in [3.8, 4) is 5.82 Å². The fraction of sp³-hybridized carbons (Fsp3) is 0.176. The van der Waals surface area contributed by atoms with Crippen LogP contribution in [0.1, 0.15) is 29.2 Å². The first-order valence-electron chi connectivity index (χ1n) is 7.84. The fourth-order valence-corrected chi connectivity index (χ4v) is 3.58. The van der Waals surface area contributed by atoms with Crippen LogP contribution in [0.4, 0.5) is 10.2 Å². The lowest BCUT2D eigenvalue weighted by Gasteiger charge is -2.24. The van der Waals surface area contributed by atoms with E-state index < -0.39 is 0 Å². The molecule has 0 spiro atoms. The van der Waals surface area contributed by atoms with Crippen molar-refractivity contribution < 1.29 is 9.18 Å². The van der Waals surface area contributed by atoms with E-state index in [1.165, 1.54) is 22.9 Å². The van der Waals surface area contributed by atoms with Crippen molar-refractivity contribution in [1.82, 2.24) is 20.0 Å². The maximum atomic E-state index is 13.6. The van der Waals surface area contributed by atoms with Crippen molar-refractivity contribution in [2.75, 3.05) is 5.32 Å². The third-order valence-corrected chi connectivity index (χ3v) is 4.94. The SMILES string of the molecule is Cc1nn(-c2ccc(=O)[nH]n2)c2c1[C@H](c1ccc(F)c(Br)c1)CC(=O)N2. The van der Waals surface area contributed by atoms with E-state index in [2.05, 4.69) is 36.5 Å². The summed E-state index contributed by atoms with van der Waals surface area (Å²) in [5.74, 6) is 0.0960. The highest BCUT2D eigenvalue weighted by molar-refractivity contribution is 9.10. The van der Waals surface area contributed by atoms with Crippen LogP contribution in [0, 0.1) is 12.7 Å². The van der Waals surface area contributed by atoms with Crippen molar-refractivity contribution >= 4 is 27.7 Å². The zero-order valence-corrected chi connectivity index (χ0v) is 15.2. The van der Waals surface area contributed by atoms with Crippen LogP contribution in [0.5, 0.6) is 0 Å². The topological polar surface area (TPSA) is 92.7 Å². The van der Waals surface area contributed by atoms with Gasteiger partial charge in [-0.1, -0.05) is 6.07 Å². The number of benzene rings is 1. The molecule has 3 heterocycles. The Labute approximate surface area is 155 Å². The largest absolute Gasteiger partial charge is 0.310 e. The van der Waals surface area contributed by atoms with Gasteiger partial charge in [0, 0.05) is 24.0 Å². The van der Waals surface area contributed by atoms with Crippen LogP contribution in [0.3, 0.4) is 0 Å². The summed E-state index contributed by atoms with van der Waals surface area (Å²) in [7, 11) is 0. The normalized spacial score (nSPS) is 16.3. The highest BCUT2D eigenvalue weighted by atomic mass is 79.9. The second-order valence-corrected chi connectivity index (χ2v) is 6.87. The molecule has 9 heteroatoms. The first-order chi connectivity index (χ1) is 12.4. The minimum atomic E-state index is -0.362. The number of H-pyrrole nitrogens is 1. The number of nitrogens with one attached hydrogen (secondary N) is 2. The number of hydrogen-bond acceptors (Lipinski definition) is 4. The molecule has 1 aliphatic heterocycles. The highest BCUT2D eigenvalue weighted by Gasteiger charge is 2.33. The van der Waals surface area contributed by atoms with Gasteiger partial charge in [-0.25, -0.2) is 9.49 Å². The lowest BCUT2D eigenvalue weighted by Crippen LogP contribution is -2.25. The number of aryl methyl sites for hydroxylation is 1. The summed E-state index contributed by atoms with van der Waals surface area (Å²) < 4.78 is 15.4. The molecule has 7 nitrogen and oxygen atoms in total. The Morgan fingerprint density at radius 2 is 2.08 bits per heavy atom. The summed E-state index contributed by atoms with van der Waals surface area (Å²) in [5.41, 5.74) is 2.05. The van der Waals surface area contributed by atoms with E-state index in [0.717, 1.165) is 16.8 Å². The minimum Gasteiger partial charge on any atom is -0.310 e. The van der Waals surface area contributed by atoms with E-state index in [1.807, 2.05) is 6.92 Å². The van der Waals surface area contributed by atoms with Gasteiger partial charge in [0.1, 0.15) is 11.6 Å². The smallest absolute Gasteiger partial charge is 0.264 e. The van der Waals surface area contributed by atoms with Gasteiger partial charge in [0.2, 0.25) is 5.91 Å². The van der Waals surface area contributed by atoms with Crippen LogP contribution in [0.25, 0.3) is 5.82 Å². The van der Waals surface area contributed by atoms with Crippen LogP contribution in [0.2, 0.25) is 0 Å². The van der Waals surface area contributed by atoms with Crippen molar-refractivity contribution in [2.24, 2.45) is 0 Å². The first kappa shape index (κ1) is 16.6. The number of anilines is 1. The number of halogens is 2. The van der Waals surface area contributed by atoms with Crippen molar-refractivity contribution in [2.45, 2.75) is 19.3 Å². The number of rotatable bonds is 2. The third-order valence-electron chi connectivity index (χ3n) is 4.33. The van der Waals surface area contributed by atoms with Gasteiger partial charge < -0.3 is 5.32 Å². The number of hydrogen-bond donors (Lipinski definition) is 2. The number of amides is 1. The number of aromatic amines is 1. The molecular weight excluding hydrogens is 405 g/mol. The Bertz CT molecular complexity index is 1070. The maximum absolute atomic E-state index is 13.6. The van der Waals surface area contributed by atoms with Crippen molar-refractivity contribution in [3.05, 3.63) is 67.8 Å². The van der Waals surface area contributed by atoms with Gasteiger partial charge in [-0.15, -0.1) is 0 Å². The first-order valence-corrected chi connectivity index (χ1v) is 8.64. The van der Waals surface area contributed by atoms with Gasteiger partial charge in [-0.2, -0.15) is 14.9 Å². The molecule has 0 bridgehead atoms. The molecular formula is C17H13BrFN5O2. The molecule has 132 valence electrons. The number of carbonyl (C=O) groups is 1. The quantitative estimate of drug-likeness (QED) is 0.670. The van der Waals surface area contributed by atoms with Gasteiger partial charge >= 0.3 is 0 Å². The van der Waals surface area contributed by atoms with Crippen molar-refractivity contribution in [1.29, 1.82) is 0 Å². The summed E-state index contributed by atoms with van der Waals surface area (Å²) in [6.45, 7) is 1.84. The summed E-state index contributed by atoms with van der Waals surface area (Å²) in [5, 5.41) is 13.6. The molecule has 0 unspecified atom stereocenters. The average molecular weight is 418 g/mol. The second-order valence-electron chi connectivity index (χ2n) is 6.02. The molecule has 0 aliphatic carbocycles. The number of fused-ring (bicyclic) bond motifs is 1. The summed E-state index contributed by atoms with van der Waals surface area (Å²) in [6.07, 6.45) is 0.233. The summed E-state index contributed by atoms with van der Waals surface area (Å²) in [4.78, 5) is 23.5. The Hall–Kier alpha value is -2.81. The Morgan fingerprint density at radius 1 is 1.27 bits per heavy atom. The van der Waals surface area contributed by atoms with Gasteiger partial charge in [0.25, 0.3) is 5.56 Å². The van der Waals surface area contributed by atoms with Crippen LogP contribution >= 0.6 is 15.9 Å². The van der Waals surface area contributed by atoms with E-state index in [9.17, 15) is 14.0 Å². The molecule has 0 fully saturated rings. The second kappa shape index (κ2) is 6.17. The zero-order chi connectivity index (χ0) is 18.4. The number of nitrogens with zero attached hydrogens (tertiary/aromatic N) is 3. The van der Waals surface area contributed by atoms with E-state index in [-0.39, 0.29) is 29.6 Å². The highest BCUT2D eigenvalue weighted by Crippen LogP contribution is 2.40. The molecule has 4 rings (SSSR count). The van der Waals surface area contributed by atoms with Crippen molar-refractivity contribution in [3.63, 3.8) is 0 Å². The van der Waals surface area contributed by atoms with Crippen LogP contribution < -0.4 is 10.9 Å². The van der Waals surface area contributed by atoms with E-state index in [1.54, 1.807) is 12.1 Å². The Balaban J connectivity index is 1.88. The summed E-state index contributed by atoms with van der Waals surface area (Å²) >= 11 is 3.19. The fourth-order valence-electron chi connectivity index (χ4n) is 3.18. The van der Waals surface area contributed by atoms with Gasteiger partial charge in [-0.3, -0.25) is 9.59 Å². The Kier molecular flexibility index (Phi) is 3.95. The lowest BCUT2D eigenvalue weighted by molar-refractivity contribution is -0.116. The Morgan fingerprint density at radius 3 is 2.77 bits per heavy atom. The van der Waals surface area contributed by atoms with Gasteiger partial charge in [0.05, 0.1) is 10.2 Å². The molecule has 0 saturated carbocycles. The van der Waals surface area contributed by atoms with Crippen LogP contribution in [-0.4, -0.2) is 25.9 Å². The van der Waals surface area contributed by atoms with Gasteiger partial charge in [0.15, 0.2) is 5.82 Å². The van der Waals surface area contributed by atoms with E-state index in [0.29, 0.717) is 16.1 Å². The predicted octanol–water partition coefficient (Wildman–Crippen LogP) is 2.64. The minimum absolute atomic E-state index is 0.173. The van der Waals surface area contributed by atoms with E-state index in [4.69, 9.17) is 0 Å². The molecule has 2 aromatic heterocycles. The molecule has 3 aromatic rings.